The monoisotopic (exact) mass is 477 g/mol. The zero-order valence-corrected chi connectivity index (χ0v) is 20.3. The van der Waals surface area contributed by atoms with Crippen molar-refractivity contribution < 1.29 is 9.47 Å². The van der Waals surface area contributed by atoms with Gasteiger partial charge in [0.1, 0.15) is 0 Å². The topological polar surface area (TPSA) is 87.6 Å². The first-order valence-electron chi connectivity index (χ1n) is 12.0. The summed E-state index contributed by atoms with van der Waals surface area (Å²) in [5, 5.41) is 4.74. The first-order valence-corrected chi connectivity index (χ1v) is 12.0. The largest absolute Gasteiger partial charge is 0.493 e. The van der Waals surface area contributed by atoms with Gasteiger partial charge in [0.2, 0.25) is 0 Å². The zero-order valence-electron chi connectivity index (χ0n) is 20.3. The van der Waals surface area contributed by atoms with Crippen LogP contribution in [0.3, 0.4) is 0 Å². The highest BCUT2D eigenvalue weighted by atomic mass is 16.5. The van der Waals surface area contributed by atoms with Crippen LogP contribution in [0.2, 0.25) is 0 Å². The number of nitrogens with zero attached hydrogens (tertiary/aromatic N) is 4. The van der Waals surface area contributed by atoms with E-state index in [0.29, 0.717) is 23.1 Å². The molecule has 1 aliphatic carbocycles. The van der Waals surface area contributed by atoms with Gasteiger partial charge in [0.05, 0.1) is 25.5 Å². The molecule has 0 radical (unpaired) electrons. The Morgan fingerprint density at radius 3 is 2.25 bits per heavy atom. The number of para-hydroxylation sites is 1. The van der Waals surface area contributed by atoms with Gasteiger partial charge in [-0.1, -0.05) is 60.7 Å². The number of nitrogens with two attached hydrogens (primary N) is 1. The van der Waals surface area contributed by atoms with E-state index in [9.17, 15) is 0 Å². The quantitative estimate of drug-likeness (QED) is 0.348. The molecule has 2 heterocycles. The molecule has 7 heteroatoms. The SMILES string of the molecule is COc1cccc(-c2nc3nc(-c4ccc(C5(N)CCC5)cc4)c(-c4ccccc4)cn3n2)c1OC. The van der Waals surface area contributed by atoms with Crippen LogP contribution in [0.4, 0.5) is 0 Å². The van der Waals surface area contributed by atoms with Crippen LogP contribution in [0.5, 0.6) is 11.5 Å². The second kappa shape index (κ2) is 8.77. The van der Waals surface area contributed by atoms with Gasteiger partial charge in [-0.2, -0.15) is 4.98 Å². The number of hydrogen-bond donors (Lipinski definition) is 1. The van der Waals surface area contributed by atoms with Crippen molar-refractivity contribution >= 4 is 5.78 Å². The van der Waals surface area contributed by atoms with Gasteiger partial charge in [-0.05, 0) is 42.5 Å². The molecule has 1 aliphatic rings. The van der Waals surface area contributed by atoms with Crippen LogP contribution >= 0.6 is 0 Å². The molecule has 7 nitrogen and oxygen atoms in total. The Balaban J connectivity index is 1.51. The van der Waals surface area contributed by atoms with Crippen molar-refractivity contribution in [3.8, 4) is 45.3 Å². The van der Waals surface area contributed by atoms with Gasteiger partial charge in [-0.3, -0.25) is 0 Å². The van der Waals surface area contributed by atoms with Gasteiger partial charge >= 0.3 is 0 Å². The number of hydrogen-bond acceptors (Lipinski definition) is 6. The van der Waals surface area contributed by atoms with Crippen molar-refractivity contribution in [3.63, 3.8) is 0 Å². The molecule has 0 atom stereocenters. The normalized spacial score (nSPS) is 14.4. The van der Waals surface area contributed by atoms with Crippen LogP contribution in [0, 0.1) is 0 Å². The van der Waals surface area contributed by atoms with Crippen molar-refractivity contribution in [2.24, 2.45) is 5.73 Å². The van der Waals surface area contributed by atoms with E-state index in [2.05, 4.69) is 36.4 Å². The number of methoxy groups -OCH3 is 2. The van der Waals surface area contributed by atoms with Crippen molar-refractivity contribution in [3.05, 3.63) is 84.6 Å². The molecule has 1 saturated carbocycles. The van der Waals surface area contributed by atoms with Crippen LogP contribution < -0.4 is 15.2 Å². The Hall–Kier alpha value is -4.23. The van der Waals surface area contributed by atoms with Gasteiger partial charge < -0.3 is 15.2 Å². The molecule has 1 fully saturated rings. The molecular weight excluding hydrogens is 450 g/mol. The molecule has 3 aromatic carbocycles. The Labute approximate surface area is 209 Å². The van der Waals surface area contributed by atoms with E-state index >= 15 is 0 Å². The Morgan fingerprint density at radius 1 is 0.806 bits per heavy atom. The highest BCUT2D eigenvalue weighted by Gasteiger charge is 2.34. The third-order valence-corrected chi connectivity index (χ3v) is 7.04. The maximum atomic E-state index is 6.55. The van der Waals surface area contributed by atoms with E-state index in [4.69, 9.17) is 30.3 Å². The number of benzene rings is 3. The maximum absolute atomic E-state index is 6.55. The van der Waals surface area contributed by atoms with Gasteiger partial charge in [0.25, 0.3) is 5.78 Å². The van der Waals surface area contributed by atoms with Gasteiger partial charge in [0.15, 0.2) is 17.3 Å². The summed E-state index contributed by atoms with van der Waals surface area (Å²) in [5.41, 5.74) is 12.1. The van der Waals surface area contributed by atoms with Crippen molar-refractivity contribution in [2.45, 2.75) is 24.8 Å². The summed E-state index contributed by atoms with van der Waals surface area (Å²) >= 11 is 0. The maximum Gasteiger partial charge on any atom is 0.253 e. The third-order valence-electron chi connectivity index (χ3n) is 7.04. The molecule has 36 heavy (non-hydrogen) atoms. The number of rotatable bonds is 6. The summed E-state index contributed by atoms with van der Waals surface area (Å²) in [6, 6.07) is 24.3. The van der Waals surface area contributed by atoms with E-state index in [1.54, 1.807) is 18.7 Å². The summed E-state index contributed by atoms with van der Waals surface area (Å²) in [5.74, 6) is 2.22. The van der Waals surface area contributed by atoms with Gasteiger partial charge in [-0.25, -0.2) is 9.50 Å². The molecule has 0 saturated heterocycles. The van der Waals surface area contributed by atoms with Crippen molar-refractivity contribution in [1.82, 2.24) is 19.6 Å². The Kier molecular flexibility index (Phi) is 5.42. The minimum Gasteiger partial charge on any atom is -0.493 e. The number of aromatic nitrogens is 4. The lowest BCUT2D eigenvalue weighted by atomic mass is 9.72. The van der Waals surface area contributed by atoms with E-state index in [0.717, 1.165) is 40.8 Å². The average molecular weight is 478 g/mol. The van der Waals surface area contributed by atoms with Crippen LogP contribution in [0.25, 0.3) is 39.5 Å². The van der Waals surface area contributed by atoms with Gasteiger partial charge in [0, 0.05) is 22.9 Å². The summed E-state index contributed by atoms with van der Waals surface area (Å²) in [6.07, 6.45) is 5.23. The van der Waals surface area contributed by atoms with Crippen LogP contribution in [-0.2, 0) is 5.54 Å². The number of ether oxygens (including phenoxy) is 2. The molecule has 2 aromatic heterocycles. The predicted octanol–water partition coefficient (Wildman–Crippen LogP) is 5.48. The van der Waals surface area contributed by atoms with Crippen molar-refractivity contribution in [2.75, 3.05) is 14.2 Å². The summed E-state index contributed by atoms with van der Waals surface area (Å²) in [7, 11) is 3.22. The number of fused-ring (bicyclic) bond motifs is 1. The lowest BCUT2D eigenvalue weighted by molar-refractivity contribution is 0.253. The fraction of sp³-hybridized carbons (Fsp3) is 0.207. The zero-order chi connectivity index (χ0) is 24.7. The summed E-state index contributed by atoms with van der Waals surface area (Å²) in [4.78, 5) is 9.73. The molecule has 0 aliphatic heterocycles. The molecule has 0 spiro atoms. The first kappa shape index (κ1) is 22.2. The average Bonchev–Trinajstić information content (AvgIpc) is 3.34. The van der Waals surface area contributed by atoms with E-state index in [1.807, 2.05) is 42.6 Å². The fourth-order valence-electron chi connectivity index (χ4n) is 4.85. The molecule has 0 bridgehead atoms. The van der Waals surface area contributed by atoms with E-state index < -0.39 is 0 Å². The molecule has 5 aromatic rings. The Bertz CT molecular complexity index is 1540. The molecular formula is C29H27N5O2. The molecule has 0 unspecified atom stereocenters. The third kappa shape index (κ3) is 3.69. The van der Waals surface area contributed by atoms with Crippen molar-refractivity contribution in [1.29, 1.82) is 0 Å². The fourth-order valence-corrected chi connectivity index (χ4v) is 4.85. The predicted molar refractivity (Wildman–Crippen MR) is 140 cm³/mol. The van der Waals surface area contributed by atoms with E-state index in [-0.39, 0.29) is 5.54 Å². The lowest BCUT2D eigenvalue weighted by Crippen LogP contribution is -2.43. The standard InChI is InChI=1S/C29H27N5O2/c1-35-24-11-6-10-22(26(24)36-2)27-32-28-31-25(20-12-14-21(15-13-20)29(30)16-7-17-29)23(18-34(28)33-27)19-8-4-3-5-9-19/h3-6,8-15,18H,7,16-17,30H2,1-2H3. The lowest BCUT2D eigenvalue weighted by Gasteiger charge is -2.38. The van der Waals surface area contributed by atoms with Gasteiger partial charge in [-0.15, -0.1) is 5.10 Å². The highest BCUT2D eigenvalue weighted by molar-refractivity contribution is 5.81. The minimum atomic E-state index is -0.199. The molecule has 6 rings (SSSR count). The second-order valence-corrected chi connectivity index (χ2v) is 9.18. The molecule has 0 amide bonds. The van der Waals surface area contributed by atoms with E-state index in [1.165, 1.54) is 12.0 Å². The minimum absolute atomic E-state index is 0.199. The first-order chi connectivity index (χ1) is 17.6. The second-order valence-electron chi connectivity index (χ2n) is 9.18. The van der Waals surface area contributed by atoms with Crippen LogP contribution in [0.1, 0.15) is 24.8 Å². The summed E-state index contributed by atoms with van der Waals surface area (Å²) in [6.45, 7) is 0. The highest BCUT2D eigenvalue weighted by Crippen LogP contribution is 2.40. The molecule has 180 valence electrons. The molecule has 2 N–H and O–H groups in total. The summed E-state index contributed by atoms with van der Waals surface area (Å²) < 4.78 is 12.8. The van der Waals surface area contributed by atoms with Crippen LogP contribution in [-0.4, -0.2) is 33.8 Å². The van der Waals surface area contributed by atoms with Crippen LogP contribution in [0.15, 0.2) is 79.0 Å². The smallest absolute Gasteiger partial charge is 0.253 e. The Morgan fingerprint density at radius 2 is 1.58 bits per heavy atom.